The molecule has 0 aromatic carbocycles. The summed E-state index contributed by atoms with van der Waals surface area (Å²) in [6.07, 6.45) is 3.08. The molecule has 6 heteroatoms. The van der Waals surface area contributed by atoms with Gasteiger partial charge >= 0.3 is 0 Å². The van der Waals surface area contributed by atoms with Gasteiger partial charge in [0.05, 0.1) is 19.3 Å². The summed E-state index contributed by atoms with van der Waals surface area (Å²) in [6.45, 7) is 6.55. The molecule has 1 aromatic heterocycles. The molecule has 2 aliphatic heterocycles. The Kier molecular flexibility index (Phi) is 4.78. The Hall–Kier alpha value is -1.24. The minimum Gasteiger partial charge on any atom is -0.381 e. The summed E-state index contributed by atoms with van der Waals surface area (Å²) in [4.78, 5) is 2.49. The first-order valence-corrected chi connectivity index (χ1v) is 7.33. The molecule has 2 atom stereocenters. The highest BCUT2D eigenvalue weighted by atomic mass is 16.5. The molecular formula is C14H22N4O2. The lowest BCUT2D eigenvalue weighted by Crippen LogP contribution is -2.47. The van der Waals surface area contributed by atoms with Crippen molar-refractivity contribution in [3.05, 3.63) is 18.3 Å². The Morgan fingerprint density at radius 2 is 2.40 bits per heavy atom. The van der Waals surface area contributed by atoms with E-state index in [4.69, 9.17) is 9.47 Å². The van der Waals surface area contributed by atoms with Gasteiger partial charge in [0, 0.05) is 39.0 Å². The molecule has 2 unspecified atom stereocenters. The van der Waals surface area contributed by atoms with Crippen molar-refractivity contribution in [2.75, 3.05) is 51.3 Å². The van der Waals surface area contributed by atoms with E-state index in [0.717, 1.165) is 51.8 Å². The lowest BCUT2D eigenvalue weighted by molar-refractivity contribution is -0.0261. The summed E-state index contributed by atoms with van der Waals surface area (Å²) in [6, 6.07) is 3.80. The smallest absolute Gasteiger partial charge is 0.148 e. The van der Waals surface area contributed by atoms with Crippen LogP contribution in [0.5, 0.6) is 0 Å². The summed E-state index contributed by atoms with van der Waals surface area (Å²) in [7, 11) is 0. The minimum absolute atomic E-state index is 0.216. The van der Waals surface area contributed by atoms with Crippen LogP contribution in [0.4, 0.5) is 5.82 Å². The van der Waals surface area contributed by atoms with Crippen LogP contribution in [-0.4, -0.2) is 67.2 Å². The third-order valence-electron chi connectivity index (χ3n) is 3.85. The fraction of sp³-hybridized carbons (Fsp3) is 0.714. The highest BCUT2D eigenvalue weighted by Gasteiger charge is 2.24. The molecule has 0 aliphatic carbocycles. The molecular weight excluding hydrogens is 256 g/mol. The van der Waals surface area contributed by atoms with Gasteiger partial charge in [0.25, 0.3) is 0 Å². The predicted octanol–water partition coefficient (Wildman–Crippen LogP) is 0.626. The average Bonchev–Trinajstić information content (AvgIpc) is 3.00. The predicted molar refractivity (Wildman–Crippen MR) is 75.6 cm³/mol. The van der Waals surface area contributed by atoms with Gasteiger partial charge in [-0.2, -0.15) is 5.10 Å². The lowest BCUT2D eigenvalue weighted by Gasteiger charge is -2.34. The van der Waals surface area contributed by atoms with Crippen molar-refractivity contribution in [1.29, 1.82) is 0 Å². The number of aromatic nitrogens is 2. The van der Waals surface area contributed by atoms with Gasteiger partial charge in [0.1, 0.15) is 5.82 Å². The van der Waals surface area contributed by atoms with Crippen LogP contribution in [0, 0.1) is 5.92 Å². The van der Waals surface area contributed by atoms with Gasteiger partial charge in [0.15, 0.2) is 0 Å². The molecule has 3 rings (SSSR count). The third kappa shape index (κ3) is 3.88. The maximum atomic E-state index is 5.81. The molecule has 20 heavy (non-hydrogen) atoms. The summed E-state index contributed by atoms with van der Waals surface area (Å²) in [5.74, 6) is 1.50. The van der Waals surface area contributed by atoms with Crippen LogP contribution in [0.25, 0.3) is 0 Å². The van der Waals surface area contributed by atoms with Crippen molar-refractivity contribution in [3.8, 4) is 0 Å². The van der Waals surface area contributed by atoms with Gasteiger partial charge in [0.2, 0.25) is 0 Å². The van der Waals surface area contributed by atoms with Crippen molar-refractivity contribution in [1.82, 2.24) is 15.1 Å². The Bertz CT molecular complexity index is 397. The van der Waals surface area contributed by atoms with E-state index in [1.807, 2.05) is 12.1 Å². The van der Waals surface area contributed by atoms with Gasteiger partial charge < -0.3 is 14.8 Å². The standard InChI is InChI=1S/C14H22N4O2/c1-2-14(17-16-4-1)15-8-13-10-18(5-7-20-13)9-12-3-6-19-11-12/h1-2,4,12-13H,3,5-11H2,(H,15,17). The molecule has 1 N–H and O–H groups in total. The van der Waals surface area contributed by atoms with Gasteiger partial charge in [-0.1, -0.05) is 0 Å². The minimum atomic E-state index is 0.216. The summed E-state index contributed by atoms with van der Waals surface area (Å²) < 4.78 is 11.3. The fourth-order valence-corrected chi connectivity index (χ4v) is 2.78. The molecule has 0 bridgehead atoms. The molecule has 3 heterocycles. The first-order chi connectivity index (χ1) is 9.90. The first-order valence-electron chi connectivity index (χ1n) is 7.33. The first kappa shape index (κ1) is 13.7. The molecule has 0 spiro atoms. The van der Waals surface area contributed by atoms with Crippen LogP contribution in [0.3, 0.4) is 0 Å². The number of nitrogens with one attached hydrogen (secondary N) is 1. The second-order valence-electron chi connectivity index (χ2n) is 5.47. The average molecular weight is 278 g/mol. The van der Waals surface area contributed by atoms with Crippen molar-refractivity contribution in [2.24, 2.45) is 5.92 Å². The second kappa shape index (κ2) is 6.97. The number of hydrogen-bond donors (Lipinski definition) is 1. The molecule has 0 radical (unpaired) electrons. The number of morpholine rings is 1. The van der Waals surface area contributed by atoms with Crippen molar-refractivity contribution >= 4 is 5.82 Å². The summed E-state index contributed by atoms with van der Waals surface area (Å²) >= 11 is 0. The van der Waals surface area contributed by atoms with E-state index in [-0.39, 0.29) is 6.10 Å². The van der Waals surface area contributed by atoms with Gasteiger partial charge in [-0.15, -0.1) is 5.10 Å². The van der Waals surface area contributed by atoms with Crippen LogP contribution < -0.4 is 5.32 Å². The van der Waals surface area contributed by atoms with Crippen LogP contribution in [-0.2, 0) is 9.47 Å². The van der Waals surface area contributed by atoms with E-state index >= 15 is 0 Å². The van der Waals surface area contributed by atoms with Crippen molar-refractivity contribution in [2.45, 2.75) is 12.5 Å². The molecule has 2 aliphatic rings. The molecule has 2 saturated heterocycles. The van der Waals surface area contributed by atoms with E-state index in [2.05, 4.69) is 20.4 Å². The molecule has 1 aromatic rings. The number of hydrogen-bond acceptors (Lipinski definition) is 6. The normalized spacial score (nSPS) is 27.6. The lowest BCUT2D eigenvalue weighted by atomic mass is 10.1. The van der Waals surface area contributed by atoms with E-state index < -0.39 is 0 Å². The van der Waals surface area contributed by atoms with Gasteiger partial charge in [-0.25, -0.2) is 0 Å². The molecule has 0 saturated carbocycles. The van der Waals surface area contributed by atoms with E-state index in [0.29, 0.717) is 5.92 Å². The highest BCUT2D eigenvalue weighted by Crippen LogP contribution is 2.16. The molecule has 2 fully saturated rings. The number of nitrogens with zero attached hydrogens (tertiary/aromatic N) is 3. The highest BCUT2D eigenvalue weighted by molar-refractivity contribution is 5.31. The van der Waals surface area contributed by atoms with Crippen molar-refractivity contribution < 1.29 is 9.47 Å². The largest absolute Gasteiger partial charge is 0.381 e. The number of rotatable bonds is 5. The SMILES string of the molecule is c1cnnc(NCC2CN(CC3CCOC3)CCO2)c1. The van der Waals surface area contributed by atoms with E-state index in [1.54, 1.807) is 6.20 Å². The zero-order valence-corrected chi connectivity index (χ0v) is 11.7. The zero-order chi connectivity index (χ0) is 13.6. The number of ether oxygens (including phenoxy) is 2. The van der Waals surface area contributed by atoms with Gasteiger partial charge in [-0.05, 0) is 24.5 Å². The van der Waals surface area contributed by atoms with Crippen molar-refractivity contribution in [3.63, 3.8) is 0 Å². The quantitative estimate of drug-likeness (QED) is 0.852. The van der Waals surface area contributed by atoms with Crippen LogP contribution in [0.2, 0.25) is 0 Å². The Morgan fingerprint density at radius 3 is 3.20 bits per heavy atom. The molecule has 6 nitrogen and oxygen atoms in total. The van der Waals surface area contributed by atoms with Crippen LogP contribution in [0.1, 0.15) is 6.42 Å². The van der Waals surface area contributed by atoms with Crippen LogP contribution >= 0.6 is 0 Å². The Labute approximate surface area is 119 Å². The van der Waals surface area contributed by atoms with Gasteiger partial charge in [-0.3, -0.25) is 4.90 Å². The summed E-state index contributed by atoms with van der Waals surface area (Å²) in [5, 5.41) is 11.2. The van der Waals surface area contributed by atoms with E-state index in [9.17, 15) is 0 Å². The van der Waals surface area contributed by atoms with E-state index in [1.165, 1.54) is 6.42 Å². The Morgan fingerprint density at radius 1 is 1.40 bits per heavy atom. The topological polar surface area (TPSA) is 59.5 Å². The number of anilines is 1. The molecule has 110 valence electrons. The molecule has 0 amide bonds. The summed E-state index contributed by atoms with van der Waals surface area (Å²) in [5.41, 5.74) is 0. The second-order valence-corrected chi connectivity index (χ2v) is 5.47. The zero-order valence-electron chi connectivity index (χ0n) is 11.7. The Balaban J connectivity index is 1.43. The maximum Gasteiger partial charge on any atom is 0.148 e. The third-order valence-corrected chi connectivity index (χ3v) is 3.85. The maximum absolute atomic E-state index is 5.81. The fourth-order valence-electron chi connectivity index (χ4n) is 2.78. The van der Waals surface area contributed by atoms with Crippen LogP contribution in [0.15, 0.2) is 18.3 Å². The monoisotopic (exact) mass is 278 g/mol.